The molecule has 7 nitrogen and oxygen atoms in total. The van der Waals surface area contributed by atoms with Crippen LogP contribution in [0.2, 0.25) is 0 Å². The number of hydrogen-bond donors (Lipinski definition) is 1. The van der Waals surface area contributed by atoms with Crippen molar-refractivity contribution in [2.24, 2.45) is 5.92 Å². The minimum absolute atomic E-state index is 0.0399. The van der Waals surface area contributed by atoms with Gasteiger partial charge in [-0.3, -0.25) is 9.69 Å². The van der Waals surface area contributed by atoms with Crippen LogP contribution >= 0.6 is 11.3 Å². The summed E-state index contributed by atoms with van der Waals surface area (Å²) in [4.78, 5) is 17.1. The molecule has 3 aliphatic heterocycles. The number of fused-ring (bicyclic) bond motifs is 1. The molecule has 8 heteroatoms. The molecule has 1 amide bonds. The van der Waals surface area contributed by atoms with E-state index in [1.807, 2.05) is 0 Å². The smallest absolute Gasteiger partial charge is 0.229 e. The predicted molar refractivity (Wildman–Crippen MR) is 88.9 cm³/mol. The number of hydrogen-bond acceptors (Lipinski definition) is 7. The molecule has 4 rings (SSSR count). The van der Waals surface area contributed by atoms with Gasteiger partial charge in [0.2, 0.25) is 16.2 Å². The highest BCUT2D eigenvalue weighted by molar-refractivity contribution is 7.19. The van der Waals surface area contributed by atoms with Gasteiger partial charge < -0.3 is 15.0 Å². The van der Waals surface area contributed by atoms with Crippen molar-refractivity contribution in [3.63, 3.8) is 0 Å². The average molecular weight is 337 g/mol. The lowest BCUT2D eigenvalue weighted by atomic mass is 10.00. The first-order valence-electron chi connectivity index (χ1n) is 8.51. The summed E-state index contributed by atoms with van der Waals surface area (Å²) in [5, 5.41) is 12.9. The Hall–Kier alpha value is -1.25. The quantitative estimate of drug-likeness (QED) is 0.893. The summed E-state index contributed by atoms with van der Waals surface area (Å²) >= 11 is 1.49. The summed E-state index contributed by atoms with van der Waals surface area (Å²) in [5.41, 5.74) is 0. The molecular formula is C15H23N5O2S. The fraction of sp³-hybridized carbons (Fsp3) is 0.800. The maximum Gasteiger partial charge on any atom is 0.229 e. The molecule has 126 valence electrons. The van der Waals surface area contributed by atoms with Crippen molar-refractivity contribution < 1.29 is 9.53 Å². The topological polar surface area (TPSA) is 70.6 Å². The van der Waals surface area contributed by atoms with Crippen molar-refractivity contribution in [3.8, 4) is 0 Å². The standard InChI is InChI=1S/C15H23N5O2S/c21-13(11-3-8-22-9-4-11)16-14-17-18-15(23-14)20-7-6-19-5-1-2-12(19)10-20/h11-12H,1-10H2,(H,16,17,21)/t12-/m0/s1. The third-order valence-corrected chi connectivity index (χ3v) is 5.99. The number of piperazine rings is 1. The van der Waals surface area contributed by atoms with Crippen LogP contribution < -0.4 is 10.2 Å². The Balaban J connectivity index is 1.36. The molecule has 3 saturated heterocycles. The Bertz CT molecular complexity index is 560. The fourth-order valence-electron chi connectivity index (χ4n) is 3.73. The lowest BCUT2D eigenvalue weighted by Crippen LogP contribution is -2.50. The maximum absolute atomic E-state index is 12.3. The van der Waals surface area contributed by atoms with Gasteiger partial charge in [-0.25, -0.2) is 0 Å². The minimum atomic E-state index is 0.0399. The van der Waals surface area contributed by atoms with Crippen LogP contribution in [0.1, 0.15) is 25.7 Å². The van der Waals surface area contributed by atoms with Crippen LogP contribution in [0.4, 0.5) is 10.3 Å². The molecule has 1 atom stereocenters. The van der Waals surface area contributed by atoms with Gasteiger partial charge in [0.05, 0.1) is 0 Å². The number of aromatic nitrogens is 2. The van der Waals surface area contributed by atoms with Crippen LogP contribution in [0.5, 0.6) is 0 Å². The van der Waals surface area contributed by atoms with Gasteiger partial charge in [0.1, 0.15) is 0 Å². The Morgan fingerprint density at radius 3 is 2.91 bits per heavy atom. The van der Waals surface area contributed by atoms with Gasteiger partial charge in [-0.05, 0) is 32.2 Å². The van der Waals surface area contributed by atoms with E-state index in [4.69, 9.17) is 4.74 Å². The lowest BCUT2D eigenvalue weighted by molar-refractivity contribution is -0.122. The molecule has 4 heterocycles. The van der Waals surface area contributed by atoms with E-state index in [0.717, 1.165) is 37.6 Å². The van der Waals surface area contributed by atoms with Gasteiger partial charge in [0, 0.05) is 44.8 Å². The van der Waals surface area contributed by atoms with Gasteiger partial charge in [-0.1, -0.05) is 11.3 Å². The van der Waals surface area contributed by atoms with Crippen LogP contribution in [-0.2, 0) is 9.53 Å². The van der Waals surface area contributed by atoms with E-state index in [0.29, 0.717) is 24.4 Å². The molecular weight excluding hydrogens is 314 g/mol. The van der Waals surface area contributed by atoms with Crippen LogP contribution in [0.25, 0.3) is 0 Å². The second kappa shape index (κ2) is 6.70. The SMILES string of the molecule is O=C(Nc1nnc(N2CCN3CCC[C@H]3C2)s1)C1CCOCC1. The number of ether oxygens (including phenoxy) is 1. The minimum Gasteiger partial charge on any atom is -0.381 e. The molecule has 23 heavy (non-hydrogen) atoms. The lowest BCUT2D eigenvalue weighted by Gasteiger charge is -2.37. The summed E-state index contributed by atoms with van der Waals surface area (Å²) in [5.74, 6) is 0.0924. The van der Waals surface area contributed by atoms with E-state index < -0.39 is 0 Å². The van der Waals surface area contributed by atoms with Crippen LogP contribution in [0.15, 0.2) is 0 Å². The van der Waals surface area contributed by atoms with E-state index in [1.54, 1.807) is 0 Å². The molecule has 1 aromatic heterocycles. The number of amides is 1. The molecule has 0 aliphatic carbocycles. The highest BCUT2D eigenvalue weighted by atomic mass is 32.1. The van der Waals surface area contributed by atoms with Crippen LogP contribution in [0, 0.1) is 5.92 Å². The van der Waals surface area contributed by atoms with Crippen molar-refractivity contribution in [2.45, 2.75) is 31.7 Å². The summed E-state index contributed by atoms with van der Waals surface area (Å²) in [6.07, 6.45) is 4.17. The molecule has 0 unspecified atom stereocenters. The zero-order chi connectivity index (χ0) is 15.6. The van der Waals surface area contributed by atoms with E-state index in [-0.39, 0.29) is 11.8 Å². The number of anilines is 2. The normalized spacial score (nSPS) is 26.3. The second-order valence-electron chi connectivity index (χ2n) is 6.54. The number of carbonyl (C=O) groups is 1. The molecule has 0 radical (unpaired) electrons. The number of nitrogens with one attached hydrogen (secondary N) is 1. The highest BCUT2D eigenvalue weighted by Gasteiger charge is 2.32. The zero-order valence-electron chi connectivity index (χ0n) is 13.2. The third-order valence-electron chi connectivity index (χ3n) is 5.09. The first-order valence-corrected chi connectivity index (χ1v) is 9.32. The van der Waals surface area contributed by atoms with Crippen LogP contribution in [-0.4, -0.2) is 66.4 Å². The number of nitrogens with zero attached hydrogens (tertiary/aromatic N) is 4. The largest absolute Gasteiger partial charge is 0.381 e. The second-order valence-corrected chi connectivity index (χ2v) is 7.50. The van der Waals surface area contributed by atoms with Crippen LogP contribution in [0.3, 0.4) is 0 Å². The van der Waals surface area contributed by atoms with Crippen molar-refractivity contribution in [1.82, 2.24) is 15.1 Å². The Labute approximate surface area is 140 Å². The fourth-order valence-corrected chi connectivity index (χ4v) is 4.51. The summed E-state index contributed by atoms with van der Waals surface area (Å²) in [7, 11) is 0. The van der Waals surface area contributed by atoms with Crippen molar-refractivity contribution in [1.29, 1.82) is 0 Å². The monoisotopic (exact) mass is 337 g/mol. The molecule has 3 aliphatic rings. The van der Waals surface area contributed by atoms with Gasteiger partial charge in [0.15, 0.2) is 0 Å². The Kier molecular flexibility index (Phi) is 4.46. The average Bonchev–Trinajstić information content (AvgIpc) is 3.23. The van der Waals surface area contributed by atoms with Crippen molar-refractivity contribution >= 4 is 27.5 Å². The molecule has 0 bridgehead atoms. The van der Waals surface area contributed by atoms with E-state index in [9.17, 15) is 4.79 Å². The predicted octanol–water partition coefficient (Wildman–Crippen LogP) is 1.19. The molecule has 0 saturated carbocycles. The Morgan fingerprint density at radius 2 is 2.04 bits per heavy atom. The molecule has 1 N–H and O–H groups in total. The molecule has 1 aromatic rings. The summed E-state index contributed by atoms with van der Waals surface area (Å²) in [6.45, 7) is 5.72. The van der Waals surface area contributed by atoms with Crippen molar-refractivity contribution in [2.75, 3.05) is 49.6 Å². The van der Waals surface area contributed by atoms with Crippen molar-refractivity contribution in [3.05, 3.63) is 0 Å². The molecule has 0 aromatic carbocycles. The highest BCUT2D eigenvalue weighted by Crippen LogP contribution is 2.29. The van der Waals surface area contributed by atoms with Gasteiger partial charge >= 0.3 is 0 Å². The third kappa shape index (κ3) is 3.34. The van der Waals surface area contributed by atoms with E-state index in [2.05, 4.69) is 25.3 Å². The summed E-state index contributed by atoms with van der Waals surface area (Å²) < 4.78 is 5.30. The van der Waals surface area contributed by atoms with Gasteiger partial charge in [0.25, 0.3) is 0 Å². The first kappa shape index (κ1) is 15.3. The number of rotatable bonds is 3. The first-order chi connectivity index (χ1) is 11.3. The molecule has 3 fully saturated rings. The van der Waals surface area contributed by atoms with Gasteiger partial charge in [-0.15, -0.1) is 10.2 Å². The Morgan fingerprint density at radius 1 is 1.17 bits per heavy atom. The zero-order valence-corrected chi connectivity index (χ0v) is 14.1. The molecule has 0 spiro atoms. The summed E-state index contributed by atoms with van der Waals surface area (Å²) in [6, 6.07) is 0.660. The van der Waals surface area contributed by atoms with Gasteiger partial charge in [-0.2, -0.15) is 0 Å². The van der Waals surface area contributed by atoms with E-state index in [1.165, 1.54) is 30.7 Å². The maximum atomic E-state index is 12.3. The number of carbonyl (C=O) groups excluding carboxylic acids is 1. The van der Waals surface area contributed by atoms with E-state index >= 15 is 0 Å².